The van der Waals surface area contributed by atoms with Gasteiger partial charge in [0.15, 0.2) is 0 Å². The number of hydrogen-bond donors (Lipinski definition) is 1. The van der Waals surface area contributed by atoms with E-state index in [-0.39, 0.29) is 6.04 Å². The van der Waals surface area contributed by atoms with Gasteiger partial charge in [0.1, 0.15) is 0 Å². The second kappa shape index (κ2) is 9.08. The maximum atomic E-state index is 5.68. The van der Waals surface area contributed by atoms with Crippen LogP contribution in [0.4, 0.5) is 0 Å². The van der Waals surface area contributed by atoms with E-state index in [1.54, 1.807) is 7.11 Å². The highest BCUT2D eigenvalue weighted by Crippen LogP contribution is 2.17. The highest BCUT2D eigenvalue weighted by Gasteiger charge is 2.11. The molecule has 0 fully saturated rings. The molecule has 0 aromatic heterocycles. The minimum absolute atomic E-state index is 0.260. The molecule has 1 rings (SSSR count). The van der Waals surface area contributed by atoms with E-state index < -0.39 is 0 Å². The summed E-state index contributed by atoms with van der Waals surface area (Å²) >= 11 is 0. The van der Waals surface area contributed by atoms with Crippen LogP contribution in [0.2, 0.25) is 0 Å². The lowest BCUT2D eigenvalue weighted by Gasteiger charge is -2.20. The van der Waals surface area contributed by atoms with Crippen LogP contribution in [0, 0.1) is 13.8 Å². The molecule has 1 N–H and O–H groups in total. The summed E-state index contributed by atoms with van der Waals surface area (Å²) in [5, 5.41) is 3.55. The first-order chi connectivity index (χ1) is 9.17. The van der Waals surface area contributed by atoms with Gasteiger partial charge >= 0.3 is 0 Å². The van der Waals surface area contributed by atoms with Crippen LogP contribution in [0.25, 0.3) is 0 Å². The van der Waals surface area contributed by atoms with Gasteiger partial charge in [0.25, 0.3) is 0 Å². The molecule has 108 valence electrons. The van der Waals surface area contributed by atoms with Crippen LogP contribution in [-0.4, -0.2) is 33.5 Å². The first-order valence-corrected chi connectivity index (χ1v) is 7.05. The predicted molar refractivity (Wildman–Crippen MR) is 79.6 cm³/mol. The average Bonchev–Trinajstić information content (AvgIpc) is 2.36. The summed E-state index contributed by atoms with van der Waals surface area (Å²) < 4.78 is 10.7. The van der Waals surface area contributed by atoms with Gasteiger partial charge in [-0.1, -0.05) is 36.2 Å². The molecule has 0 saturated carbocycles. The van der Waals surface area contributed by atoms with Gasteiger partial charge in [0.2, 0.25) is 0 Å². The summed E-state index contributed by atoms with van der Waals surface area (Å²) in [5.74, 6) is 0. The van der Waals surface area contributed by atoms with Crippen molar-refractivity contribution in [3.63, 3.8) is 0 Å². The van der Waals surface area contributed by atoms with E-state index in [2.05, 4.69) is 44.3 Å². The smallest absolute Gasteiger partial charge is 0.0701 e. The van der Waals surface area contributed by atoms with Crippen molar-refractivity contribution < 1.29 is 9.47 Å². The molecule has 0 radical (unpaired) electrons. The zero-order chi connectivity index (χ0) is 14.1. The van der Waals surface area contributed by atoms with Crippen molar-refractivity contribution in [3.8, 4) is 0 Å². The number of ether oxygens (including phenoxy) is 2. The Morgan fingerprint density at radius 2 is 1.79 bits per heavy atom. The zero-order valence-corrected chi connectivity index (χ0v) is 12.7. The fourth-order valence-electron chi connectivity index (χ4n) is 2.15. The van der Waals surface area contributed by atoms with Crippen LogP contribution < -0.4 is 5.32 Å². The molecule has 0 aliphatic carbocycles. The molecular weight excluding hydrogens is 238 g/mol. The Hall–Kier alpha value is -0.900. The summed E-state index contributed by atoms with van der Waals surface area (Å²) in [6, 6.07) is 6.93. The summed E-state index contributed by atoms with van der Waals surface area (Å²) in [7, 11) is 1.69. The van der Waals surface area contributed by atoms with Crippen molar-refractivity contribution in [2.75, 3.05) is 33.5 Å². The summed E-state index contributed by atoms with van der Waals surface area (Å²) in [5.41, 5.74) is 3.91. The van der Waals surface area contributed by atoms with Crippen LogP contribution in [0.3, 0.4) is 0 Å². The Bertz CT molecular complexity index is 346. The second-order valence-corrected chi connectivity index (χ2v) is 5.00. The molecule has 1 aromatic rings. The highest BCUT2D eigenvalue weighted by molar-refractivity contribution is 5.30. The number of aryl methyl sites for hydroxylation is 2. The third kappa shape index (κ3) is 6.19. The van der Waals surface area contributed by atoms with Crippen molar-refractivity contribution in [2.24, 2.45) is 0 Å². The molecule has 0 saturated heterocycles. The maximum absolute atomic E-state index is 5.68. The maximum Gasteiger partial charge on any atom is 0.0701 e. The Labute approximate surface area is 117 Å². The minimum Gasteiger partial charge on any atom is -0.382 e. The van der Waals surface area contributed by atoms with Gasteiger partial charge in [-0.15, -0.1) is 0 Å². The van der Waals surface area contributed by atoms with Gasteiger partial charge in [-0.25, -0.2) is 0 Å². The molecule has 1 atom stereocenters. The van der Waals surface area contributed by atoms with Gasteiger partial charge in [0, 0.05) is 7.11 Å². The van der Waals surface area contributed by atoms with E-state index in [0.29, 0.717) is 19.8 Å². The van der Waals surface area contributed by atoms with Crippen molar-refractivity contribution in [1.29, 1.82) is 0 Å². The van der Waals surface area contributed by atoms with Crippen molar-refractivity contribution in [2.45, 2.75) is 33.2 Å². The largest absolute Gasteiger partial charge is 0.382 e. The number of methoxy groups -OCH3 is 1. The minimum atomic E-state index is 0.260. The van der Waals surface area contributed by atoms with E-state index in [1.807, 2.05) is 0 Å². The third-order valence-electron chi connectivity index (χ3n) is 3.00. The Kier molecular flexibility index (Phi) is 7.72. The molecule has 0 aliphatic rings. The van der Waals surface area contributed by atoms with E-state index in [9.17, 15) is 0 Å². The van der Waals surface area contributed by atoms with E-state index in [1.165, 1.54) is 16.7 Å². The predicted octanol–water partition coefficient (Wildman–Crippen LogP) is 3.01. The van der Waals surface area contributed by atoms with Gasteiger partial charge in [-0.2, -0.15) is 0 Å². The Balaban J connectivity index is 2.65. The average molecular weight is 265 g/mol. The highest BCUT2D eigenvalue weighted by atomic mass is 16.5. The fourth-order valence-corrected chi connectivity index (χ4v) is 2.15. The quantitative estimate of drug-likeness (QED) is 0.696. The van der Waals surface area contributed by atoms with Gasteiger partial charge in [0.05, 0.1) is 25.9 Å². The standard InChI is InChI=1S/C16H27NO2/c1-5-6-17-16(12-19-8-7-18-4)15-10-13(2)9-14(3)11-15/h9-11,16-17H,5-8,12H2,1-4H3. The molecule has 1 aromatic carbocycles. The summed E-state index contributed by atoms with van der Waals surface area (Å²) in [4.78, 5) is 0. The summed E-state index contributed by atoms with van der Waals surface area (Å²) in [6.45, 7) is 9.44. The molecule has 0 bridgehead atoms. The normalized spacial score (nSPS) is 12.6. The molecule has 19 heavy (non-hydrogen) atoms. The zero-order valence-electron chi connectivity index (χ0n) is 12.7. The van der Waals surface area contributed by atoms with Gasteiger partial charge in [-0.3, -0.25) is 0 Å². The SMILES string of the molecule is CCCNC(COCCOC)c1cc(C)cc(C)c1. The lowest BCUT2D eigenvalue weighted by molar-refractivity contribution is 0.0586. The second-order valence-electron chi connectivity index (χ2n) is 5.00. The fraction of sp³-hybridized carbons (Fsp3) is 0.625. The molecule has 0 heterocycles. The van der Waals surface area contributed by atoms with Crippen LogP contribution in [0.1, 0.15) is 36.1 Å². The number of rotatable bonds is 9. The Morgan fingerprint density at radius 1 is 1.11 bits per heavy atom. The van der Waals surface area contributed by atoms with E-state index in [4.69, 9.17) is 9.47 Å². The molecular formula is C16H27NO2. The Morgan fingerprint density at radius 3 is 2.37 bits per heavy atom. The number of hydrogen-bond acceptors (Lipinski definition) is 3. The van der Waals surface area contributed by atoms with Crippen LogP contribution in [0.5, 0.6) is 0 Å². The van der Waals surface area contributed by atoms with Crippen molar-refractivity contribution in [3.05, 3.63) is 34.9 Å². The van der Waals surface area contributed by atoms with Crippen molar-refractivity contribution >= 4 is 0 Å². The summed E-state index contributed by atoms with van der Waals surface area (Å²) in [6.07, 6.45) is 1.12. The molecule has 0 spiro atoms. The monoisotopic (exact) mass is 265 g/mol. The molecule has 0 aliphatic heterocycles. The molecule has 3 nitrogen and oxygen atoms in total. The topological polar surface area (TPSA) is 30.5 Å². The molecule has 0 amide bonds. The van der Waals surface area contributed by atoms with Crippen LogP contribution in [0.15, 0.2) is 18.2 Å². The van der Waals surface area contributed by atoms with E-state index >= 15 is 0 Å². The number of nitrogens with one attached hydrogen (secondary N) is 1. The lowest BCUT2D eigenvalue weighted by atomic mass is 10.0. The van der Waals surface area contributed by atoms with Crippen molar-refractivity contribution in [1.82, 2.24) is 5.32 Å². The third-order valence-corrected chi connectivity index (χ3v) is 3.00. The molecule has 1 unspecified atom stereocenters. The molecule has 3 heteroatoms. The van der Waals surface area contributed by atoms with Gasteiger partial charge < -0.3 is 14.8 Å². The van der Waals surface area contributed by atoms with Crippen LogP contribution >= 0.6 is 0 Å². The first kappa shape index (κ1) is 16.2. The first-order valence-electron chi connectivity index (χ1n) is 7.05. The van der Waals surface area contributed by atoms with Crippen LogP contribution in [-0.2, 0) is 9.47 Å². The van der Waals surface area contributed by atoms with E-state index in [0.717, 1.165) is 13.0 Å². The lowest BCUT2D eigenvalue weighted by Crippen LogP contribution is -2.27. The van der Waals surface area contributed by atoms with Gasteiger partial charge in [-0.05, 0) is 32.4 Å². The number of benzene rings is 1.